The molecule has 0 unspecified atom stereocenters. The Kier molecular flexibility index (Phi) is 2.98. The summed E-state index contributed by atoms with van der Waals surface area (Å²) in [6.07, 6.45) is 1.26. The van der Waals surface area contributed by atoms with Crippen molar-refractivity contribution in [1.29, 1.82) is 0 Å². The van der Waals surface area contributed by atoms with Gasteiger partial charge < -0.3 is 5.11 Å². The lowest BCUT2D eigenvalue weighted by atomic mass is 10.1. The molecule has 0 aliphatic heterocycles. The zero-order chi connectivity index (χ0) is 11.7. The summed E-state index contributed by atoms with van der Waals surface area (Å²) in [6.45, 7) is 0. The first-order chi connectivity index (χ1) is 7.59. The van der Waals surface area contributed by atoms with Crippen molar-refractivity contribution in [1.82, 2.24) is 10.2 Å². The molecule has 1 aromatic carbocycles. The van der Waals surface area contributed by atoms with Gasteiger partial charge in [0.15, 0.2) is 0 Å². The number of carboxylic acid groups (broad SMARTS) is 1. The third kappa shape index (κ3) is 1.96. The largest absolute Gasteiger partial charge is 0.478 e. The van der Waals surface area contributed by atoms with Gasteiger partial charge in [0, 0.05) is 10.0 Å². The van der Waals surface area contributed by atoms with Crippen molar-refractivity contribution in [2.24, 2.45) is 0 Å². The maximum atomic E-state index is 10.9. The molecule has 4 nitrogen and oxygen atoms in total. The van der Waals surface area contributed by atoms with Gasteiger partial charge >= 0.3 is 5.97 Å². The van der Waals surface area contributed by atoms with E-state index in [0.717, 1.165) is 4.47 Å². The minimum absolute atomic E-state index is 0.101. The van der Waals surface area contributed by atoms with Crippen LogP contribution in [0, 0.1) is 0 Å². The maximum absolute atomic E-state index is 10.9. The molecule has 2 rings (SSSR count). The Morgan fingerprint density at radius 1 is 1.50 bits per heavy atom. The fourth-order valence-corrected chi connectivity index (χ4v) is 2.11. The number of aromatic amines is 1. The number of halogens is 2. The van der Waals surface area contributed by atoms with Crippen LogP contribution in [0.2, 0.25) is 5.02 Å². The summed E-state index contributed by atoms with van der Waals surface area (Å²) in [5.41, 5.74) is 1.12. The van der Waals surface area contributed by atoms with Gasteiger partial charge in [0.05, 0.1) is 16.9 Å². The van der Waals surface area contributed by atoms with Gasteiger partial charge in [-0.1, -0.05) is 33.6 Å². The van der Waals surface area contributed by atoms with E-state index in [1.54, 1.807) is 18.2 Å². The van der Waals surface area contributed by atoms with Gasteiger partial charge in [0.2, 0.25) is 0 Å². The predicted molar refractivity (Wildman–Crippen MR) is 63.7 cm³/mol. The molecule has 6 heteroatoms. The van der Waals surface area contributed by atoms with Gasteiger partial charge in [-0.15, -0.1) is 0 Å². The predicted octanol–water partition coefficient (Wildman–Crippen LogP) is 3.19. The molecule has 0 atom stereocenters. The van der Waals surface area contributed by atoms with Gasteiger partial charge in [-0.3, -0.25) is 5.10 Å². The molecule has 0 aliphatic rings. The molecule has 0 saturated carbocycles. The van der Waals surface area contributed by atoms with Crippen molar-refractivity contribution in [3.63, 3.8) is 0 Å². The van der Waals surface area contributed by atoms with Crippen LogP contribution in [0.5, 0.6) is 0 Å². The molecule has 0 aliphatic carbocycles. The monoisotopic (exact) mass is 300 g/mol. The third-order valence-electron chi connectivity index (χ3n) is 2.07. The Morgan fingerprint density at radius 2 is 2.25 bits per heavy atom. The topological polar surface area (TPSA) is 66.0 Å². The van der Waals surface area contributed by atoms with Crippen LogP contribution in [-0.2, 0) is 0 Å². The van der Waals surface area contributed by atoms with E-state index in [4.69, 9.17) is 16.7 Å². The Balaban J connectivity index is 2.59. The summed E-state index contributed by atoms with van der Waals surface area (Å²) in [7, 11) is 0. The zero-order valence-electron chi connectivity index (χ0n) is 7.87. The number of nitrogens with zero attached hydrogens (tertiary/aromatic N) is 1. The second-order valence-electron chi connectivity index (χ2n) is 3.09. The van der Waals surface area contributed by atoms with E-state index in [-0.39, 0.29) is 5.56 Å². The number of carbonyl (C=O) groups is 1. The van der Waals surface area contributed by atoms with Gasteiger partial charge in [0.1, 0.15) is 5.56 Å². The fourth-order valence-electron chi connectivity index (χ4n) is 1.35. The highest BCUT2D eigenvalue weighted by Crippen LogP contribution is 2.31. The summed E-state index contributed by atoms with van der Waals surface area (Å²) in [5, 5.41) is 15.7. The molecule has 16 heavy (non-hydrogen) atoms. The Labute approximate surface area is 104 Å². The van der Waals surface area contributed by atoms with Gasteiger partial charge in [0.25, 0.3) is 0 Å². The SMILES string of the molecule is O=C(O)c1cn[nH]c1-c1ccc(Br)cc1Cl. The number of rotatable bonds is 2. The molecular weight excluding hydrogens is 295 g/mol. The Bertz CT molecular complexity index is 554. The summed E-state index contributed by atoms with van der Waals surface area (Å²) < 4.78 is 0.831. The number of aromatic nitrogens is 2. The zero-order valence-corrected chi connectivity index (χ0v) is 10.2. The van der Waals surface area contributed by atoms with E-state index >= 15 is 0 Å². The molecule has 1 heterocycles. The van der Waals surface area contributed by atoms with Crippen LogP contribution in [0.3, 0.4) is 0 Å². The van der Waals surface area contributed by atoms with Crippen LogP contribution in [0.15, 0.2) is 28.9 Å². The lowest BCUT2D eigenvalue weighted by Gasteiger charge is -2.03. The number of hydrogen-bond donors (Lipinski definition) is 2. The van der Waals surface area contributed by atoms with Crippen LogP contribution < -0.4 is 0 Å². The Morgan fingerprint density at radius 3 is 2.88 bits per heavy atom. The lowest BCUT2D eigenvalue weighted by Crippen LogP contribution is -1.97. The number of aromatic carboxylic acids is 1. The summed E-state index contributed by atoms with van der Waals surface area (Å²) in [5.74, 6) is -1.04. The van der Waals surface area contributed by atoms with Gasteiger partial charge in [-0.2, -0.15) is 5.10 Å². The molecule has 0 radical (unpaired) electrons. The smallest absolute Gasteiger partial charge is 0.339 e. The fraction of sp³-hybridized carbons (Fsp3) is 0. The highest BCUT2D eigenvalue weighted by molar-refractivity contribution is 9.10. The lowest BCUT2D eigenvalue weighted by molar-refractivity contribution is 0.0698. The van der Waals surface area contributed by atoms with E-state index < -0.39 is 5.97 Å². The van der Waals surface area contributed by atoms with E-state index in [1.807, 2.05) is 0 Å². The average Bonchev–Trinajstić information content (AvgIpc) is 2.66. The quantitative estimate of drug-likeness (QED) is 0.895. The average molecular weight is 302 g/mol. The van der Waals surface area contributed by atoms with Crippen molar-refractivity contribution in [3.8, 4) is 11.3 Å². The normalized spacial score (nSPS) is 10.4. The molecule has 0 bridgehead atoms. The molecule has 2 N–H and O–H groups in total. The van der Waals surface area contributed by atoms with E-state index in [9.17, 15) is 4.79 Å². The molecule has 0 fully saturated rings. The number of carboxylic acids is 1. The highest BCUT2D eigenvalue weighted by Gasteiger charge is 2.16. The molecule has 0 spiro atoms. The van der Waals surface area contributed by atoms with E-state index in [0.29, 0.717) is 16.3 Å². The van der Waals surface area contributed by atoms with Crippen molar-refractivity contribution >= 4 is 33.5 Å². The number of H-pyrrole nitrogens is 1. The molecule has 0 saturated heterocycles. The summed E-state index contributed by atoms with van der Waals surface area (Å²) in [6, 6.07) is 5.21. The highest BCUT2D eigenvalue weighted by atomic mass is 79.9. The maximum Gasteiger partial charge on any atom is 0.339 e. The molecule has 1 aromatic heterocycles. The second-order valence-corrected chi connectivity index (χ2v) is 4.41. The van der Waals surface area contributed by atoms with Crippen LogP contribution in [-0.4, -0.2) is 21.3 Å². The minimum atomic E-state index is -1.04. The molecule has 82 valence electrons. The van der Waals surface area contributed by atoms with Crippen molar-refractivity contribution < 1.29 is 9.90 Å². The summed E-state index contributed by atoms with van der Waals surface area (Å²) in [4.78, 5) is 10.9. The summed E-state index contributed by atoms with van der Waals surface area (Å²) >= 11 is 9.31. The first kappa shape index (κ1) is 11.2. The minimum Gasteiger partial charge on any atom is -0.478 e. The van der Waals surface area contributed by atoms with Crippen molar-refractivity contribution in [3.05, 3.63) is 39.5 Å². The number of benzene rings is 1. The van der Waals surface area contributed by atoms with E-state index in [1.165, 1.54) is 6.20 Å². The number of hydrogen-bond acceptors (Lipinski definition) is 2. The second kappa shape index (κ2) is 4.27. The first-order valence-corrected chi connectivity index (χ1v) is 5.49. The van der Waals surface area contributed by atoms with Crippen molar-refractivity contribution in [2.75, 3.05) is 0 Å². The van der Waals surface area contributed by atoms with Crippen molar-refractivity contribution in [2.45, 2.75) is 0 Å². The third-order valence-corrected chi connectivity index (χ3v) is 2.88. The van der Waals surface area contributed by atoms with Gasteiger partial charge in [-0.05, 0) is 12.1 Å². The first-order valence-electron chi connectivity index (χ1n) is 4.31. The van der Waals surface area contributed by atoms with Crippen LogP contribution >= 0.6 is 27.5 Å². The molecule has 0 amide bonds. The Hall–Kier alpha value is -1.33. The van der Waals surface area contributed by atoms with Gasteiger partial charge in [-0.25, -0.2) is 4.79 Å². The standard InChI is InChI=1S/C10H6BrClN2O2/c11-5-1-2-6(8(12)3-5)9-7(10(15)16)4-13-14-9/h1-4H,(H,13,14)(H,15,16). The van der Waals surface area contributed by atoms with E-state index in [2.05, 4.69) is 26.1 Å². The molecule has 2 aromatic rings. The molecular formula is C10H6BrClN2O2. The number of nitrogens with one attached hydrogen (secondary N) is 1. The van der Waals surface area contributed by atoms with Crippen LogP contribution in [0.4, 0.5) is 0 Å². The van der Waals surface area contributed by atoms with Crippen LogP contribution in [0.25, 0.3) is 11.3 Å². The van der Waals surface area contributed by atoms with Crippen LogP contribution in [0.1, 0.15) is 10.4 Å².